The molecule has 0 fully saturated rings. The monoisotopic (exact) mass is 484 g/mol. The molecule has 0 aliphatic heterocycles. The largest absolute Gasteiger partial charge is 0.443 e. The van der Waals surface area contributed by atoms with E-state index >= 15 is 0 Å². The van der Waals surface area contributed by atoms with Crippen LogP contribution in [0.4, 0.5) is 10.6 Å². The summed E-state index contributed by atoms with van der Waals surface area (Å²) in [6.07, 6.45) is 0.593. The molecule has 1 aromatic carbocycles. The molecule has 0 atom stereocenters. The second-order valence-electron chi connectivity index (χ2n) is 7.53. The third-order valence-electron chi connectivity index (χ3n) is 4.97. The molecule has 10 nitrogen and oxygen atoms in total. The molecule has 11 heteroatoms. The van der Waals surface area contributed by atoms with Gasteiger partial charge in [0.25, 0.3) is 5.56 Å². The molecule has 34 heavy (non-hydrogen) atoms. The number of anilines is 1. The van der Waals surface area contributed by atoms with Gasteiger partial charge in [0.05, 0.1) is 0 Å². The van der Waals surface area contributed by atoms with Gasteiger partial charge in [-0.05, 0) is 38.5 Å². The van der Waals surface area contributed by atoms with Crippen molar-refractivity contribution in [3.63, 3.8) is 0 Å². The van der Waals surface area contributed by atoms with Crippen LogP contribution in [-0.4, -0.2) is 26.5 Å². The third-order valence-corrected chi connectivity index (χ3v) is 5.33. The molecular weight excluding hydrogens is 460 g/mol. The number of hydrogen-bond donors (Lipinski definition) is 3. The van der Waals surface area contributed by atoms with E-state index in [4.69, 9.17) is 16.3 Å². The zero-order chi connectivity index (χ0) is 24.7. The zero-order valence-corrected chi connectivity index (χ0v) is 19.8. The minimum absolute atomic E-state index is 0.0467. The molecule has 178 valence electrons. The number of nitrogens with one attached hydrogen (secondary N) is 3. The molecule has 2 heterocycles. The van der Waals surface area contributed by atoms with Crippen LogP contribution in [0, 0.1) is 20.8 Å². The molecule has 0 aliphatic carbocycles. The van der Waals surface area contributed by atoms with Crippen molar-refractivity contribution < 1.29 is 14.3 Å². The lowest BCUT2D eigenvalue weighted by molar-refractivity contribution is -0.121. The molecule has 0 unspecified atom stereocenters. The van der Waals surface area contributed by atoms with Crippen LogP contribution in [-0.2, 0) is 29.2 Å². The lowest BCUT2D eigenvalue weighted by Gasteiger charge is -2.13. The summed E-state index contributed by atoms with van der Waals surface area (Å²) in [5.41, 5.74) is 7.85. The number of halogens is 1. The summed E-state index contributed by atoms with van der Waals surface area (Å²) >= 11 is 6.03. The number of amides is 2. The maximum Gasteiger partial charge on any atom is 0.426 e. The summed E-state index contributed by atoms with van der Waals surface area (Å²) in [5, 5.41) is 3.26. The summed E-state index contributed by atoms with van der Waals surface area (Å²) in [5.74, 6) is -0.513. The van der Waals surface area contributed by atoms with Gasteiger partial charge in [-0.1, -0.05) is 35.9 Å². The fraction of sp³-hybridized carbons (Fsp3) is 0.261. The standard InChI is InChI=1S/C23H25ClN6O4/c1-14-8-9-17(16(3)27-14)11-25-20(31)12-30-15(2)10-26-21(22(30)32)28-29-23(33)34-13-18-6-4-5-7-19(18)24/h4-10H,11-13H2,1-3H3,(H,25,31)(H,26,28)(H,29,33). The predicted octanol–water partition coefficient (Wildman–Crippen LogP) is 2.79. The van der Waals surface area contributed by atoms with Crippen LogP contribution >= 0.6 is 11.6 Å². The minimum atomic E-state index is -0.826. The second kappa shape index (κ2) is 11.3. The summed E-state index contributed by atoms with van der Waals surface area (Å²) in [6.45, 7) is 5.46. The lowest BCUT2D eigenvalue weighted by atomic mass is 10.2. The number of hydrazine groups is 1. The highest BCUT2D eigenvalue weighted by molar-refractivity contribution is 6.31. The van der Waals surface area contributed by atoms with Gasteiger partial charge in [-0.25, -0.2) is 15.2 Å². The number of carbonyl (C=O) groups excluding carboxylic acids is 2. The van der Waals surface area contributed by atoms with Crippen LogP contribution < -0.4 is 21.7 Å². The first kappa shape index (κ1) is 24.7. The fourth-order valence-electron chi connectivity index (χ4n) is 3.05. The van der Waals surface area contributed by atoms with Crippen molar-refractivity contribution in [3.8, 4) is 0 Å². The Balaban J connectivity index is 1.57. The molecular formula is C23H25ClN6O4. The summed E-state index contributed by atoms with van der Waals surface area (Å²) < 4.78 is 6.33. The Kier molecular flexibility index (Phi) is 8.20. The topological polar surface area (TPSA) is 127 Å². The van der Waals surface area contributed by atoms with Gasteiger partial charge in [-0.2, -0.15) is 0 Å². The number of pyridine rings is 1. The Morgan fingerprint density at radius 1 is 1.09 bits per heavy atom. The number of carbonyl (C=O) groups is 2. The normalized spacial score (nSPS) is 10.5. The molecule has 3 aromatic rings. The van der Waals surface area contributed by atoms with Crippen LogP contribution in [0.3, 0.4) is 0 Å². The summed E-state index contributed by atoms with van der Waals surface area (Å²) in [7, 11) is 0. The summed E-state index contributed by atoms with van der Waals surface area (Å²) in [6, 6.07) is 10.7. The molecule has 0 spiro atoms. The number of nitrogens with zero attached hydrogens (tertiary/aromatic N) is 3. The van der Waals surface area contributed by atoms with Gasteiger partial charge in [0, 0.05) is 40.4 Å². The molecule has 3 rings (SSSR count). The highest BCUT2D eigenvalue weighted by Gasteiger charge is 2.13. The smallest absolute Gasteiger partial charge is 0.426 e. The Morgan fingerprint density at radius 3 is 2.59 bits per heavy atom. The van der Waals surface area contributed by atoms with Crippen molar-refractivity contribution in [2.24, 2.45) is 0 Å². The van der Waals surface area contributed by atoms with Gasteiger partial charge in [0.2, 0.25) is 11.7 Å². The summed E-state index contributed by atoms with van der Waals surface area (Å²) in [4.78, 5) is 45.6. The molecule has 0 radical (unpaired) electrons. The van der Waals surface area contributed by atoms with Gasteiger partial charge in [-0.15, -0.1) is 0 Å². The van der Waals surface area contributed by atoms with Gasteiger partial charge in [0.1, 0.15) is 13.2 Å². The van der Waals surface area contributed by atoms with E-state index in [-0.39, 0.29) is 24.9 Å². The van der Waals surface area contributed by atoms with Crippen molar-refractivity contribution in [1.29, 1.82) is 0 Å². The Morgan fingerprint density at radius 2 is 1.85 bits per heavy atom. The number of hydrogen-bond acceptors (Lipinski definition) is 7. The molecule has 0 bridgehead atoms. The maximum atomic E-state index is 12.8. The van der Waals surface area contributed by atoms with Gasteiger partial charge in [0.15, 0.2) is 0 Å². The Labute approximate surface area is 201 Å². The minimum Gasteiger partial charge on any atom is -0.443 e. The van der Waals surface area contributed by atoms with E-state index in [1.807, 2.05) is 26.0 Å². The van der Waals surface area contributed by atoms with E-state index in [0.29, 0.717) is 22.8 Å². The third kappa shape index (κ3) is 6.55. The van der Waals surface area contributed by atoms with E-state index in [2.05, 4.69) is 26.1 Å². The van der Waals surface area contributed by atoms with Gasteiger partial charge >= 0.3 is 6.09 Å². The number of aromatic nitrogens is 3. The van der Waals surface area contributed by atoms with Crippen LogP contribution in [0.15, 0.2) is 47.4 Å². The van der Waals surface area contributed by atoms with Gasteiger partial charge in [-0.3, -0.25) is 24.6 Å². The van der Waals surface area contributed by atoms with E-state index in [0.717, 1.165) is 17.0 Å². The second-order valence-corrected chi connectivity index (χ2v) is 7.94. The zero-order valence-electron chi connectivity index (χ0n) is 19.0. The predicted molar refractivity (Wildman–Crippen MR) is 127 cm³/mol. The number of aryl methyl sites for hydroxylation is 3. The first-order valence-electron chi connectivity index (χ1n) is 10.4. The van der Waals surface area contributed by atoms with Crippen molar-refractivity contribution in [2.75, 3.05) is 5.43 Å². The number of ether oxygens (including phenoxy) is 1. The molecule has 0 saturated carbocycles. The van der Waals surface area contributed by atoms with Crippen LogP contribution in [0.5, 0.6) is 0 Å². The Bertz CT molecular complexity index is 1260. The van der Waals surface area contributed by atoms with Crippen molar-refractivity contribution in [3.05, 3.63) is 86.2 Å². The first-order chi connectivity index (χ1) is 16.2. The molecule has 2 amide bonds. The fourth-order valence-corrected chi connectivity index (χ4v) is 3.24. The SMILES string of the molecule is Cc1ccc(CNC(=O)Cn2c(C)cnc(NNC(=O)OCc3ccccc3Cl)c2=O)c(C)n1. The average Bonchev–Trinajstić information content (AvgIpc) is 2.80. The highest BCUT2D eigenvalue weighted by atomic mass is 35.5. The van der Waals surface area contributed by atoms with Crippen LogP contribution in [0.25, 0.3) is 0 Å². The van der Waals surface area contributed by atoms with E-state index in [1.54, 1.807) is 31.2 Å². The lowest BCUT2D eigenvalue weighted by Crippen LogP contribution is -2.38. The molecule has 2 aromatic heterocycles. The molecule has 0 saturated heterocycles. The van der Waals surface area contributed by atoms with Crippen LogP contribution in [0.1, 0.15) is 28.2 Å². The first-order valence-corrected chi connectivity index (χ1v) is 10.8. The van der Waals surface area contributed by atoms with E-state index in [9.17, 15) is 14.4 Å². The Hall–Kier alpha value is -3.92. The van der Waals surface area contributed by atoms with E-state index in [1.165, 1.54) is 10.8 Å². The quantitative estimate of drug-likeness (QED) is 0.419. The molecule has 3 N–H and O–H groups in total. The van der Waals surface area contributed by atoms with E-state index < -0.39 is 11.7 Å². The average molecular weight is 485 g/mol. The van der Waals surface area contributed by atoms with Crippen molar-refractivity contribution >= 4 is 29.4 Å². The molecule has 0 aliphatic rings. The number of benzene rings is 1. The number of rotatable bonds is 8. The van der Waals surface area contributed by atoms with Crippen molar-refractivity contribution in [1.82, 2.24) is 25.3 Å². The van der Waals surface area contributed by atoms with Gasteiger partial charge < -0.3 is 10.1 Å². The van der Waals surface area contributed by atoms with Crippen molar-refractivity contribution in [2.45, 2.75) is 40.5 Å². The van der Waals surface area contributed by atoms with Crippen LogP contribution in [0.2, 0.25) is 5.02 Å². The highest BCUT2D eigenvalue weighted by Crippen LogP contribution is 2.15. The maximum absolute atomic E-state index is 12.8.